The Kier molecular flexibility index (Phi) is 7.15. The van der Waals surface area contributed by atoms with Crippen LogP contribution in [0.5, 0.6) is 0 Å². The third-order valence-corrected chi connectivity index (χ3v) is 6.30. The standard InChI is InChI=1S/C24H19Cl2N3O2S/c25-18-9-5-16(6-10-18)13-27-22(30)15-32-24-28-21-4-2-1-3-20(21)23(31)29(24)14-17-7-11-19(26)12-8-17/h1-12H,13-15H2,(H,27,30). The molecular weight excluding hydrogens is 465 g/mol. The first-order chi connectivity index (χ1) is 15.5. The summed E-state index contributed by atoms with van der Waals surface area (Å²) in [4.78, 5) is 30.3. The Balaban J connectivity index is 1.53. The van der Waals surface area contributed by atoms with E-state index in [9.17, 15) is 9.59 Å². The van der Waals surface area contributed by atoms with E-state index >= 15 is 0 Å². The van der Waals surface area contributed by atoms with Crippen LogP contribution in [0.4, 0.5) is 0 Å². The molecule has 0 saturated heterocycles. The minimum absolute atomic E-state index is 0.138. The molecule has 0 aliphatic carbocycles. The van der Waals surface area contributed by atoms with Crippen molar-refractivity contribution in [3.8, 4) is 0 Å². The van der Waals surface area contributed by atoms with Gasteiger partial charge in [0, 0.05) is 16.6 Å². The van der Waals surface area contributed by atoms with Crippen molar-refractivity contribution in [2.45, 2.75) is 18.2 Å². The molecule has 0 saturated carbocycles. The zero-order valence-electron chi connectivity index (χ0n) is 16.9. The fraction of sp³-hybridized carbons (Fsp3) is 0.125. The smallest absolute Gasteiger partial charge is 0.262 e. The number of carbonyl (C=O) groups excluding carboxylic acids is 1. The van der Waals surface area contributed by atoms with Gasteiger partial charge in [-0.25, -0.2) is 4.98 Å². The number of amides is 1. The highest BCUT2D eigenvalue weighted by Gasteiger charge is 2.14. The SMILES string of the molecule is O=C(CSc1nc2ccccc2c(=O)n1Cc1ccc(Cl)cc1)NCc1ccc(Cl)cc1. The van der Waals surface area contributed by atoms with Gasteiger partial charge in [0.1, 0.15) is 0 Å². The van der Waals surface area contributed by atoms with Crippen molar-refractivity contribution in [1.82, 2.24) is 14.9 Å². The number of rotatable bonds is 7. The lowest BCUT2D eigenvalue weighted by molar-refractivity contribution is -0.118. The van der Waals surface area contributed by atoms with E-state index in [4.69, 9.17) is 23.2 Å². The molecule has 1 amide bonds. The molecule has 0 atom stereocenters. The molecule has 0 fully saturated rings. The maximum atomic E-state index is 13.2. The molecule has 3 aromatic carbocycles. The second-order valence-electron chi connectivity index (χ2n) is 7.12. The predicted molar refractivity (Wildman–Crippen MR) is 131 cm³/mol. The van der Waals surface area contributed by atoms with Crippen LogP contribution in [0.25, 0.3) is 10.9 Å². The van der Waals surface area contributed by atoms with Crippen LogP contribution in [0.15, 0.2) is 82.7 Å². The molecule has 4 rings (SSSR count). The number of nitrogens with zero attached hydrogens (tertiary/aromatic N) is 2. The highest BCUT2D eigenvalue weighted by molar-refractivity contribution is 7.99. The van der Waals surface area contributed by atoms with Crippen molar-refractivity contribution in [2.75, 3.05) is 5.75 Å². The molecule has 0 aliphatic heterocycles. The molecule has 0 unspecified atom stereocenters. The number of carbonyl (C=O) groups is 1. The van der Waals surface area contributed by atoms with E-state index in [0.717, 1.165) is 11.1 Å². The second kappa shape index (κ2) is 10.2. The molecule has 32 heavy (non-hydrogen) atoms. The van der Waals surface area contributed by atoms with Gasteiger partial charge in [-0.05, 0) is 47.5 Å². The van der Waals surface area contributed by atoms with Crippen molar-refractivity contribution in [2.24, 2.45) is 0 Å². The summed E-state index contributed by atoms with van der Waals surface area (Å²) in [5, 5.41) is 5.19. The summed E-state index contributed by atoms with van der Waals surface area (Å²) in [5.41, 5.74) is 2.34. The summed E-state index contributed by atoms with van der Waals surface area (Å²) >= 11 is 13.1. The first kappa shape index (κ1) is 22.4. The zero-order valence-corrected chi connectivity index (χ0v) is 19.3. The van der Waals surface area contributed by atoms with E-state index in [1.165, 1.54) is 11.8 Å². The molecule has 4 aromatic rings. The predicted octanol–water partition coefficient (Wildman–Crippen LogP) is 5.16. The van der Waals surface area contributed by atoms with Gasteiger partial charge in [0.2, 0.25) is 5.91 Å². The minimum atomic E-state index is -0.148. The van der Waals surface area contributed by atoms with Gasteiger partial charge in [0.25, 0.3) is 5.56 Å². The average Bonchev–Trinajstić information content (AvgIpc) is 2.80. The number of aromatic nitrogens is 2. The second-order valence-corrected chi connectivity index (χ2v) is 8.94. The molecule has 0 spiro atoms. The summed E-state index contributed by atoms with van der Waals surface area (Å²) < 4.78 is 1.60. The van der Waals surface area contributed by atoms with Crippen molar-refractivity contribution in [3.63, 3.8) is 0 Å². The number of hydrogen-bond donors (Lipinski definition) is 1. The molecule has 0 bridgehead atoms. The van der Waals surface area contributed by atoms with Gasteiger partial charge in [-0.3, -0.25) is 14.2 Å². The van der Waals surface area contributed by atoms with E-state index in [1.54, 1.807) is 41.0 Å². The van der Waals surface area contributed by atoms with Crippen LogP contribution in [0, 0.1) is 0 Å². The molecule has 0 aliphatic rings. The Morgan fingerprint density at radius 3 is 2.22 bits per heavy atom. The summed E-state index contributed by atoms with van der Waals surface area (Å²) in [6.45, 7) is 0.738. The summed E-state index contributed by atoms with van der Waals surface area (Å²) in [5.74, 6) is -0.00989. The van der Waals surface area contributed by atoms with Gasteiger partial charge in [-0.1, -0.05) is 71.4 Å². The summed E-state index contributed by atoms with van der Waals surface area (Å²) in [6, 6.07) is 21.8. The highest BCUT2D eigenvalue weighted by atomic mass is 35.5. The summed E-state index contributed by atoms with van der Waals surface area (Å²) in [7, 11) is 0. The number of para-hydroxylation sites is 1. The van der Waals surface area contributed by atoms with Crippen LogP contribution in [-0.2, 0) is 17.9 Å². The van der Waals surface area contributed by atoms with Crippen LogP contribution < -0.4 is 10.9 Å². The van der Waals surface area contributed by atoms with E-state index < -0.39 is 0 Å². The van der Waals surface area contributed by atoms with Gasteiger partial charge in [0.15, 0.2) is 5.16 Å². The Labute approximate surface area is 199 Å². The zero-order chi connectivity index (χ0) is 22.5. The van der Waals surface area contributed by atoms with Crippen LogP contribution >= 0.6 is 35.0 Å². The molecular formula is C24H19Cl2N3O2S. The lowest BCUT2D eigenvalue weighted by Gasteiger charge is -2.13. The van der Waals surface area contributed by atoms with Gasteiger partial charge in [-0.15, -0.1) is 0 Å². The highest BCUT2D eigenvalue weighted by Crippen LogP contribution is 2.20. The molecule has 1 aromatic heterocycles. The van der Waals surface area contributed by atoms with Crippen molar-refractivity contribution < 1.29 is 4.79 Å². The van der Waals surface area contributed by atoms with E-state index in [1.807, 2.05) is 36.4 Å². The van der Waals surface area contributed by atoms with E-state index in [2.05, 4.69) is 10.3 Å². The maximum absolute atomic E-state index is 13.2. The number of thioether (sulfide) groups is 1. The number of halogens is 2. The third-order valence-electron chi connectivity index (χ3n) is 4.82. The molecule has 8 heteroatoms. The van der Waals surface area contributed by atoms with Crippen molar-refractivity contribution >= 4 is 51.8 Å². The fourth-order valence-electron chi connectivity index (χ4n) is 3.15. The topological polar surface area (TPSA) is 64.0 Å². The first-order valence-corrected chi connectivity index (χ1v) is 11.6. The monoisotopic (exact) mass is 483 g/mol. The number of nitrogens with one attached hydrogen (secondary N) is 1. The lowest BCUT2D eigenvalue weighted by Crippen LogP contribution is -2.27. The number of hydrogen-bond acceptors (Lipinski definition) is 4. The first-order valence-electron chi connectivity index (χ1n) is 9.87. The van der Waals surface area contributed by atoms with Crippen LogP contribution in [0.2, 0.25) is 10.0 Å². The molecule has 0 radical (unpaired) electrons. The molecule has 1 N–H and O–H groups in total. The Hall–Kier alpha value is -2.80. The normalized spacial score (nSPS) is 10.9. The molecule has 1 heterocycles. The molecule has 5 nitrogen and oxygen atoms in total. The maximum Gasteiger partial charge on any atom is 0.262 e. The Morgan fingerprint density at radius 2 is 1.53 bits per heavy atom. The van der Waals surface area contributed by atoms with Gasteiger partial charge in [0.05, 0.1) is 23.2 Å². The van der Waals surface area contributed by atoms with Crippen LogP contribution in [0.1, 0.15) is 11.1 Å². The Bertz CT molecular complexity index is 1310. The van der Waals surface area contributed by atoms with Gasteiger partial charge >= 0.3 is 0 Å². The summed E-state index contributed by atoms with van der Waals surface area (Å²) in [6.07, 6.45) is 0. The van der Waals surface area contributed by atoms with E-state index in [-0.39, 0.29) is 17.2 Å². The van der Waals surface area contributed by atoms with Crippen LogP contribution in [0.3, 0.4) is 0 Å². The third kappa shape index (κ3) is 5.51. The Morgan fingerprint density at radius 1 is 0.906 bits per heavy atom. The van der Waals surface area contributed by atoms with Gasteiger partial charge < -0.3 is 5.32 Å². The van der Waals surface area contributed by atoms with Crippen molar-refractivity contribution in [3.05, 3.63) is 104 Å². The average molecular weight is 484 g/mol. The fourth-order valence-corrected chi connectivity index (χ4v) is 4.23. The lowest BCUT2D eigenvalue weighted by atomic mass is 10.2. The number of benzene rings is 3. The minimum Gasteiger partial charge on any atom is -0.351 e. The largest absolute Gasteiger partial charge is 0.351 e. The van der Waals surface area contributed by atoms with E-state index in [0.29, 0.717) is 39.2 Å². The quantitative estimate of drug-likeness (QED) is 0.291. The molecule has 162 valence electrons. The van der Waals surface area contributed by atoms with Gasteiger partial charge in [-0.2, -0.15) is 0 Å². The number of fused-ring (bicyclic) bond motifs is 1. The van der Waals surface area contributed by atoms with Crippen molar-refractivity contribution in [1.29, 1.82) is 0 Å². The van der Waals surface area contributed by atoms with Crippen LogP contribution in [-0.4, -0.2) is 21.2 Å².